The molecular formula is C14H13FO2S. The number of hydrogen-bond acceptors (Lipinski definition) is 3. The number of halogens is 1. The van der Waals surface area contributed by atoms with Gasteiger partial charge >= 0.3 is 0 Å². The molecule has 0 aliphatic rings. The fourth-order valence-electron chi connectivity index (χ4n) is 1.55. The first-order valence-corrected chi connectivity index (χ1v) is 6.50. The van der Waals surface area contributed by atoms with Crippen LogP contribution in [-0.2, 0) is 6.42 Å². The van der Waals surface area contributed by atoms with Crippen molar-refractivity contribution in [2.75, 3.05) is 6.61 Å². The molecule has 0 fully saturated rings. The van der Waals surface area contributed by atoms with Gasteiger partial charge in [-0.1, -0.05) is 6.07 Å². The molecule has 0 N–H and O–H groups in total. The van der Waals surface area contributed by atoms with Crippen LogP contribution in [0.4, 0.5) is 4.39 Å². The number of benzene rings is 1. The highest BCUT2D eigenvalue weighted by Crippen LogP contribution is 2.19. The molecule has 2 aromatic rings. The molecule has 18 heavy (non-hydrogen) atoms. The van der Waals surface area contributed by atoms with E-state index in [1.165, 1.54) is 23.9 Å². The van der Waals surface area contributed by atoms with Gasteiger partial charge in [0, 0.05) is 16.9 Å². The molecule has 1 aromatic heterocycles. The van der Waals surface area contributed by atoms with Crippen LogP contribution in [0, 0.1) is 5.82 Å². The molecule has 2 rings (SSSR count). The molecule has 0 bridgehead atoms. The van der Waals surface area contributed by atoms with Crippen LogP contribution >= 0.6 is 11.3 Å². The third kappa shape index (κ3) is 3.17. The molecule has 0 amide bonds. The lowest BCUT2D eigenvalue weighted by molar-refractivity contribution is 0.101. The Bertz CT molecular complexity index is 535. The number of Topliss-reactive ketones (excluding diaryl/α,β-unsaturated/α-hetero) is 1. The van der Waals surface area contributed by atoms with Crippen molar-refractivity contribution >= 4 is 17.1 Å². The van der Waals surface area contributed by atoms with E-state index < -0.39 is 5.82 Å². The Kier molecular flexibility index (Phi) is 4.10. The van der Waals surface area contributed by atoms with Crippen LogP contribution in [-0.4, -0.2) is 12.4 Å². The smallest absolute Gasteiger partial charge is 0.165 e. The van der Waals surface area contributed by atoms with Crippen molar-refractivity contribution in [2.24, 2.45) is 0 Å². The summed E-state index contributed by atoms with van der Waals surface area (Å²) < 4.78 is 19.0. The van der Waals surface area contributed by atoms with Gasteiger partial charge in [-0.25, -0.2) is 4.39 Å². The van der Waals surface area contributed by atoms with Gasteiger partial charge in [0.1, 0.15) is 0 Å². The average Bonchev–Trinajstić information content (AvgIpc) is 2.84. The zero-order chi connectivity index (χ0) is 13.0. The quantitative estimate of drug-likeness (QED) is 0.769. The van der Waals surface area contributed by atoms with Gasteiger partial charge in [0.2, 0.25) is 0 Å². The summed E-state index contributed by atoms with van der Waals surface area (Å²) in [6.07, 6.45) is 0.756. The Morgan fingerprint density at radius 2 is 2.22 bits per heavy atom. The van der Waals surface area contributed by atoms with Gasteiger partial charge in [-0.15, -0.1) is 11.3 Å². The molecule has 0 saturated carbocycles. The Morgan fingerprint density at radius 1 is 1.39 bits per heavy atom. The van der Waals surface area contributed by atoms with Crippen molar-refractivity contribution < 1.29 is 13.9 Å². The third-order valence-corrected chi connectivity index (χ3v) is 3.46. The van der Waals surface area contributed by atoms with Crippen molar-refractivity contribution in [1.29, 1.82) is 0 Å². The Hall–Kier alpha value is -1.68. The number of thiophene rings is 1. The second kappa shape index (κ2) is 5.78. The summed E-state index contributed by atoms with van der Waals surface area (Å²) in [5.74, 6) is -0.454. The Labute approximate surface area is 109 Å². The Morgan fingerprint density at radius 3 is 2.83 bits per heavy atom. The minimum absolute atomic E-state index is 0.154. The summed E-state index contributed by atoms with van der Waals surface area (Å²) in [7, 11) is 0. The molecule has 4 heteroatoms. The zero-order valence-electron chi connectivity index (χ0n) is 9.98. The van der Waals surface area contributed by atoms with Crippen LogP contribution in [0.5, 0.6) is 5.75 Å². The number of rotatable bonds is 5. The summed E-state index contributed by atoms with van der Waals surface area (Å²) in [5.41, 5.74) is 0.359. The van der Waals surface area contributed by atoms with E-state index in [-0.39, 0.29) is 11.5 Å². The van der Waals surface area contributed by atoms with E-state index in [9.17, 15) is 9.18 Å². The number of ether oxygens (including phenoxy) is 1. The number of carbonyl (C=O) groups excluding carboxylic acids is 1. The summed E-state index contributed by atoms with van der Waals surface area (Å²) >= 11 is 1.65. The normalized spacial score (nSPS) is 10.3. The minimum atomic E-state index is -0.492. The first-order chi connectivity index (χ1) is 8.66. The van der Waals surface area contributed by atoms with Crippen LogP contribution in [0.1, 0.15) is 22.2 Å². The minimum Gasteiger partial charge on any atom is -0.490 e. The van der Waals surface area contributed by atoms with E-state index in [1.807, 2.05) is 17.5 Å². The molecule has 0 radical (unpaired) electrons. The second-order valence-electron chi connectivity index (χ2n) is 3.88. The van der Waals surface area contributed by atoms with Crippen LogP contribution in [0.3, 0.4) is 0 Å². The van der Waals surface area contributed by atoms with Gasteiger partial charge in [-0.05, 0) is 36.6 Å². The van der Waals surface area contributed by atoms with Crippen molar-refractivity contribution in [3.8, 4) is 5.75 Å². The van der Waals surface area contributed by atoms with Gasteiger partial charge in [-0.3, -0.25) is 4.79 Å². The monoisotopic (exact) mass is 264 g/mol. The maximum atomic E-state index is 13.6. The molecule has 94 valence electrons. The maximum Gasteiger partial charge on any atom is 0.165 e. The second-order valence-corrected chi connectivity index (χ2v) is 4.91. The summed E-state index contributed by atoms with van der Waals surface area (Å²) in [6.45, 7) is 1.84. The van der Waals surface area contributed by atoms with Crippen LogP contribution in [0.2, 0.25) is 0 Å². The summed E-state index contributed by atoms with van der Waals surface area (Å²) in [4.78, 5) is 12.3. The predicted octanol–water partition coefficient (Wildman–Crippen LogP) is 3.71. The lowest BCUT2D eigenvalue weighted by Crippen LogP contribution is -2.02. The Balaban J connectivity index is 1.95. The molecule has 0 saturated heterocycles. The fourth-order valence-corrected chi connectivity index (χ4v) is 2.24. The van der Waals surface area contributed by atoms with Gasteiger partial charge < -0.3 is 4.74 Å². The topological polar surface area (TPSA) is 26.3 Å². The van der Waals surface area contributed by atoms with Gasteiger partial charge in [0.15, 0.2) is 17.3 Å². The number of ketones is 1. The van der Waals surface area contributed by atoms with Gasteiger partial charge in [-0.2, -0.15) is 0 Å². The van der Waals surface area contributed by atoms with Crippen LogP contribution < -0.4 is 4.74 Å². The largest absolute Gasteiger partial charge is 0.490 e. The van der Waals surface area contributed by atoms with Crippen molar-refractivity contribution in [3.05, 3.63) is 52.0 Å². The first kappa shape index (κ1) is 12.8. The molecule has 2 nitrogen and oxygen atoms in total. The lowest BCUT2D eigenvalue weighted by Gasteiger charge is -2.07. The average molecular weight is 264 g/mol. The van der Waals surface area contributed by atoms with E-state index in [1.54, 1.807) is 17.4 Å². The van der Waals surface area contributed by atoms with E-state index in [0.717, 1.165) is 6.42 Å². The lowest BCUT2D eigenvalue weighted by atomic mass is 10.1. The van der Waals surface area contributed by atoms with E-state index in [0.29, 0.717) is 12.2 Å². The van der Waals surface area contributed by atoms with Gasteiger partial charge in [0.25, 0.3) is 0 Å². The summed E-state index contributed by atoms with van der Waals surface area (Å²) in [6, 6.07) is 8.28. The van der Waals surface area contributed by atoms with E-state index in [4.69, 9.17) is 4.74 Å². The molecule has 0 aliphatic heterocycles. The van der Waals surface area contributed by atoms with Crippen LogP contribution in [0.15, 0.2) is 35.7 Å². The zero-order valence-corrected chi connectivity index (χ0v) is 10.8. The number of hydrogen-bond donors (Lipinski definition) is 0. The van der Waals surface area contributed by atoms with Gasteiger partial charge in [0.05, 0.1) is 6.61 Å². The van der Waals surface area contributed by atoms with Crippen molar-refractivity contribution in [2.45, 2.75) is 13.3 Å². The standard InChI is InChI=1S/C14H13FO2S/c1-10(16)11-4-5-14(13(15)9-11)17-7-6-12-3-2-8-18-12/h2-5,8-9H,6-7H2,1H3. The van der Waals surface area contributed by atoms with Crippen molar-refractivity contribution in [1.82, 2.24) is 0 Å². The highest BCUT2D eigenvalue weighted by Gasteiger charge is 2.07. The third-order valence-electron chi connectivity index (χ3n) is 2.52. The first-order valence-electron chi connectivity index (χ1n) is 5.62. The molecule has 0 unspecified atom stereocenters. The fraction of sp³-hybridized carbons (Fsp3) is 0.214. The van der Waals surface area contributed by atoms with Crippen molar-refractivity contribution in [3.63, 3.8) is 0 Å². The molecule has 0 atom stereocenters. The number of carbonyl (C=O) groups is 1. The predicted molar refractivity (Wildman–Crippen MR) is 69.9 cm³/mol. The SMILES string of the molecule is CC(=O)c1ccc(OCCc2cccs2)c(F)c1. The highest BCUT2D eigenvalue weighted by molar-refractivity contribution is 7.09. The van der Waals surface area contributed by atoms with Crippen LogP contribution in [0.25, 0.3) is 0 Å². The van der Waals surface area contributed by atoms with E-state index in [2.05, 4.69) is 0 Å². The maximum absolute atomic E-state index is 13.6. The highest BCUT2D eigenvalue weighted by atomic mass is 32.1. The molecule has 0 aliphatic carbocycles. The molecule has 1 aromatic carbocycles. The molecule has 0 spiro atoms. The molecular weight excluding hydrogens is 251 g/mol. The molecule has 1 heterocycles. The van der Waals surface area contributed by atoms with E-state index >= 15 is 0 Å². The summed E-state index contributed by atoms with van der Waals surface area (Å²) in [5, 5.41) is 2.00.